The minimum absolute atomic E-state index is 0.170. The highest BCUT2D eigenvalue weighted by atomic mass is 16.5. The average Bonchev–Trinajstić information content (AvgIpc) is 2.82. The van der Waals surface area contributed by atoms with E-state index in [1.54, 1.807) is 30.3 Å². The molecule has 0 atom stereocenters. The molecule has 2 aliphatic carbocycles. The predicted molar refractivity (Wildman–Crippen MR) is 127 cm³/mol. The third-order valence-corrected chi connectivity index (χ3v) is 6.05. The van der Waals surface area contributed by atoms with E-state index in [2.05, 4.69) is 16.4 Å². The van der Waals surface area contributed by atoms with Crippen LogP contribution in [-0.2, 0) is 4.74 Å². The van der Waals surface area contributed by atoms with E-state index in [1.807, 2.05) is 30.6 Å². The van der Waals surface area contributed by atoms with Gasteiger partial charge in [0.25, 0.3) is 0 Å². The number of fused-ring (bicyclic) bond motifs is 1. The summed E-state index contributed by atoms with van der Waals surface area (Å²) in [6.45, 7) is 0. The van der Waals surface area contributed by atoms with Crippen LogP contribution in [0.4, 0.5) is 11.4 Å². The van der Waals surface area contributed by atoms with Crippen LogP contribution < -0.4 is 5.32 Å². The first-order valence-electron chi connectivity index (χ1n) is 11.1. The van der Waals surface area contributed by atoms with Gasteiger partial charge in [-0.2, -0.15) is 0 Å². The molecular weight excluding hydrogens is 400 g/mol. The smallest absolute Gasteiger partial charge is 0.141 e. The summed E-state index contributed by atoms with van der Waals surface area (Å²) in [6.07, 6.45) is 12.0. The third-order valence-electron chi connectivity index (χ3n) is 6.05. The molecule has 3 N–H and O–H groups in total. The molecule has 2 aromatic carbocycles. The van der Waals surface area contributed by atoms with Gasteiger partial charge in [0.05, 0.1) is 5.69 Å². The van der Waals surface area contributed by atoms with Crippen LogP contribution in [0.1, 0.15) is 38.5 Å². The van der Waals surface area contributed by atoms with Crippen molar-refractivity contribution >= 4 is 17.6 Å². The Kier molecular flexibility index (Phi) is 5.55. The maximum Gasteiger partial charge on any atom is 0.141 e. The number of aromatic hydroxyl groups is 2. The number of anilines is 1. The van der Waals surface area contributed by atoms with Crippen LogP contribution in [0.25, 0.3) is 0 Å². The zero-order valence-electron chi connectivity index (χ0n) is 17.8. The summed E-state index contributed by atoms with van der Waals surface area (Å²) in [5, 5.41) is 23.3. The van der Waals surface area contributed by atoms with E-state index in [9.17, 15) is 10.2 Å². The lowest BCUT2D eigenvalue weighted by Crippen LogP contribution is -2.16. The predicted octanol–water partition coefficient (Wildman–Crippen LogP) is 6.63. The highest BCUT2D eigenvalue weighted by Gasteiger charge is 2.28. The molecular formula is C27H26N2O3. The summed E-state index contributed by atoms with van der Waals surface area (Å²) in [5.41, 5.74) is 5.84. The summed E-state index contributed by atoms with van der Waals surface area (Å²) in [5.74, 6) is 2.19. The van der Waals surface area contributed by atoms with E-state index in [4.69, 9.17) is 4.74 Å². The van der Waals surface area contributed by atoms with Gasteiger partial charge in [-0.15, -0.1) is 0 Å². The Balaban J connectivity index is 1.45. The van der Waals surface area contributed by atoms with Crippen molar-refractivity contribution in [1.82, 2.24) is 0 Å². The molecule has 5 rings (SSSR count). The summed E-state index contributed by atoms with van der Waals surface area (Å²) < 4.78 is 6.52. The number of nitrogens with one attached hydrogen (secondary N) is 1. The quantitative estimate of drug-likeness (QED) is 0.379. The van der Waals surface area contributed by atoms with Crippen molar-refractivity contribution < 1.29 is 14.9 Å². The van der Waals surface area contributed by atoms with Gasteiger partial charge in [-0.1, -0.05) is 24.3 Å². The molecule has 162 valence electrons. The number of phenols is 2. The van der Waals surface area contributed by atoms with Crippen LogP contribution in [0.3, 0.4) is 0 Å². The molecule has 0 saturated heterocycles. The fourth-order valence-corrected chi connectivity index (χ4v) is 4.40. The van der Waals surface area contributed by atoms with Crippen molar-refractivity contribution in [2.45, 2.75) is 38.5 Å². The second-order valence-electron chi connectivity index (χ2n) is 8.27. The van der Waals surface area contributed by atoms with Crippen molar-refractivity contribution in [1.29, 1.82) is 0 Å². The fraction of sp³-hybridized carbons (Fsp3) is 0.222. The van der Waals surface area contributed by atoms with Gasteiger partial charge in [0, 0.05) is 23.6 Å². The van der Waals surface area contributed by atoms with Crippen molar-refractivity contribution in [3.63, 3.8) is 0 Å². The molecule has 32 heavy (non-hydrogen) atoms. The molecule has 0 amide bonds. The maximum absolute atomic E-state index is 10.0. The molecule has 0 fully saturated rings. The fourth-order valence-electron chi connectivity index (χ4n) is 4.40. The molecule has 2 aromatic rings. The molecule has 3 aliphatic rings. The van der Waals surface area contributed by atoms with Gasteiger partial charge in [0.2, 0.25) is 0 Å². The Morgan fingerprint density at radius 2 is 1.62 bits per heavy atom. The van der Waals surface area contributed by atoms with E-state index in [-0.39, 0.29) is 11.5 Å². The number of hydrogen-bond acceptors (Lipinski definition) is 5. The zero-order chi connectivity index (χ0) is 21.9. The standard InChI is InChI=1S/C27H26N2O3/c30-24-13-3-1-11-22(24)28-16-20-9-5-7-18-15-19-8-6-10-21(27(19)32-26(18)20)17-29-23-12-2-4-14-25(23)31/h1-4,11-17,28,30-31H,5-10H2. The number of hydrogen-bond donors (Lipinski definition) is 3. The zero-order valence-corrected chi connectivity index (χ0v) is 17.8. The first-order valence-corrected chi connectivity index (χ1v) is 11.1. The van der Waals surface area contributed by atoms with Gasteiger partial charge in [-0.3, -0.25) is 4.99 Å². The van der Waals surface area contributed by atoms with Crippen LogP contribution in [0.5, 0.6) is 11.5 Å². The normalized spacial score (nSPS) is 19.5. The van der Waals surface area contributed by atoms with Crippen molar-refractivity contribution in [3.8, 4) is 11.5 Å². The first kappa shape index (κ1) is 20.2. The number of para-hydroxylation sites is 4. The Hall–Kier alpha value is -3.73. The molecule has 1 heterocycles. The largest absolute Gasteiger partial charge is 0.506 e. The molecule has 0 saturated carbocycles. The number of allylic oxidation sites excluding steroid dienone is 5. The lowest BCUT2D eigenvalue weighted by Gasteiger charge is -2.31. The molecule has 0 bridgehead atoms. The SMILES string of the molecule is Oc1ccccc1N=CC1=C2OC3=C(C=C2CCC1)CCCC3=CNc1ccccc1O. The minimum atomic E-state index is 0.170. The number of rotatable bonds is 4. The van der Waals surface area contributed by atoms with Gasteiger partial charge in [-0.05, 0) is 80.0 Å². The molecule has 0 unspecified atom stereocenters. The van der Waals surface area contributed by atoms with Gasteiger partial charge < -0.3 is 20.3 Å². The van der Waals surface area contributed by atoms with E-state index in [0.717, 1.165) is 61.2 Å². The second-order valence-corrected chi connectivity index (χ2v) is 8.27. The van der Waals surface area contributed by atoms with Crippen LogP contribution in [0.15, 0.2) is 99.6 Å². The van der Waals surface area contributed by atoms with Gasteiger partial charge in [0.1, 0.15) is 28.7 Å². The minimum Gasteiger partial charge on any atom is -0.506 e. The summed E-state index contributed by atoms with van der Waals surface area (Å²) >= 11 is 0. The lowest BCUT2D eigenvalue weighted by atomic mass is 9.86. The Morgan fingerprint density at radius 3 is 2.47 bits per heavy atom. The van der Waals surface area contributed by atoms with Crippen molar-refractivity contribution in [3.05, 3.63) is 94.6 Å². The van der Waals surface area contributed by atoms with Gasteiger partial charge in [0.15, 0.2) is 0 Å². The average molecular weight is 427 g/mol. The highest BCUT2D eigenvalue weighted by Crippen LogP contribution is 2.43. The second kappa shape index (κ2) is 8.79. The van der Waals surface area contributed by atoms with E-state index in [0.29, 0.717) is 11.4 Å². The number of ether oxygens (including phenoxy) is 1. The Bertz CT molecular complexity index is 1200. The first-order chi connectivity index (χ1) is 15.7. The monoisotopic (exact) mass is 426 g/mol. The molecule has 0 aromatic heterocycles. The molecule has 1 aliphatic heterocycles. The maximum atomic E-state index is 10.0. The van der Waals surface area contributed by atoms with Crippen LogP contribution >= 0.6 is 0 Å². The van der Waals surface area contributed by atoms with Crippen LogP contribution in [0.2, 0.25) is 0 Å². The molecule has 5 heteroatoms. The number of aliphatic imine (C=N–C) groups is 1. The van der Waals surface area contributed by atoms with Crippen LogP contribution in [-0.4, -0.2) is 16.4 Å². The summed E-state index contributed by atoms with van der Waals surface area (Å²) in [6, 6.07) is 14.3. The third kappa shape index (κ3) is 4.06. The lowest BCUT2D eigenvalue weighted by molar-refractivity contribution is 0.293. The molecule has 0 spiro atoms. The highest BCUT2D eigenvalue weighted by molar-refractivity contribution is 5.84. The summed E-state index contributed by atoms with van der Waals surface area (Å²) in [4.78, 5) is 4.52. The topological polar surface area (TPSA) is 74.1 Å². The van der Waals surface area contributed by atoms with Gasteiger partial charge >= 0.3 is 0 Å². The Morgan fingerprint density at radius 1 is 0.844 bits per heavy atom. The number of phenolic OH excluding ortho intramolecular Hbond substituents is 2. The van der Waals surface area contributed by atoms with Crippen LogP contribution in [0, 0.1) is 0 Å². The van der Waals surface area contributed by atoms with Crippen molar-refractivity contribution in [2.24, 2.45) is 4.99 Å². The van der Waals surface area contributed by atoms with Gasteiger partial charge in [-0.25, -0.2) is 0 Å². The van der Waals surface area contributed by atoms with E-state index >= 15 is 0 Å². The van der Waals surface area contributed by atoms with E-state index < -0.39 is 0 Å². The number of nitrogens with zero attached hydrogens (tertiary/aromatic N) is 1. The van der Waals surface area contributed by atoms with Crippen molar-refractivity contribution in [2.75, 3.05) is 5.32 Å². The Labute approximate surface area is 187 Å². The molecule has 5 nitrogen and oxygen atoms in total. The number of benzene rings is 2. The molecule has 0 radical (unpaired) electrons. The van der Waals surface area contributed by atoms with E-state index in [1.165, 1.54) is 11.1 Å². The summed E-state index contributed by atoms with van der Waals surface area (Å²) in [7, 11) is 0.